The van der Waals surface area contributed by atoms with Crippen molar-refractivity contribution in [2.24, 2.45) is 0 Å². The van der Waals surface area contributed by atoms with Gasteiger partial charge in [0.2, 0.25) is 0 Å². The van der Waals surface area contributed by atoms with Gasteiger partial charge < -0.3 is 0 Å². The summed E-state index contributed by atoms with van der Waals surface area (Å²) in [4.78, 5) is 17.8. The van der Waals surface area contributed by atoms with E-state index in [-0.39, 0.29) is 0 Å². The Labute approximate surface area is 363 Å². The molecule has 1 spiro atoms. The molecule has 0 N–H and O–H groups in total. The largest absolute Gasteiger partial charge is 0.208 e. The van der Waals surface area contributed by atoms with E-state index in [0.29, 0.717) is 23.0 Å². The van der Waals surface area contributed by atoms with E-state index in [0.717, 1.165) is 33.4 Å². The quantitative estimate of drug-likeness (QED) is 0.173. The highest BCUT2D eigenvalue weighted by Crippen LogP contribution is 2.63. The zero-order valence-corrected chi connectivity index (χ0v) is 34.1. The highest BCUT2D eigenvalue weighted by molar-refractivity contribution is 7.99. The molecule has 0 unspecified atom stereocenters. The molecule has 0 saturated heterocycles. The molecule has 4 nitrogen and oxygen atoms in total. The molecule has 12 rings (SSSR count). The average Bonchev–Trinajstić information content (AvgIpc) is 3.64. The average molecular weight is 807 g/mol. The first-order chi connectivity index (χ1) is 30.7. The predicted octanol–water partition coefficient (Wildman–Crippen LogP) is 14.1. The van der Waals surface area contributed by atoms with Gasteiger partial charge >= 0.3 is 0 Å². The van der Waals surface area contributed by atoms with Crippen LogP contribution in [0.2, 0.25) is 0 Å². The molecule has 0 saturated carbocycles. The standard InChI is InChI=1S/C57H34N4S/c58-35-36-23-25-37(26-24-36)42-29-30-43(45-18-8-7-17-44(42)45)40-27-31-52-50(33-40)57(48-21-11-9-19-46(48)47-20-10-12-22-49(47)57)51-34-41(28-32-53(51)62-52)56-60-54(38-13-3-1-4-14-38)59-55(61-56)39-15-5-2-6-16-39/h1-34H. The Hall–Kier alpha value is -7.91. The number of benzene rings is 9. The van der Waals surface area contributed by atoms with Gasteiger partial charge in [-0.2, -0.15) is 5.26 Å². The number of hydrogen-bond donors (Lipinski definition) is 0. The predicted molar refractivity (Wildman–Crippen MR) is 251 cm³/mol. The number of fused-ring (bicyclic) bond motifs is 10. The van der Waals surface area contributed by atoms with E-state index in [1.54, 1.807) is 0 Å². The summed E-state index contributed by atoms with van der Waals surface area (Å²) in [6.07, 6.45) is 0. The maximum Gasteiger partial charge on any atom is 0.164 e. The van der Waals surface area contributed by atoms with Crippen LogP contribution in [-0.2, 0) is 5.41 Å². The number of rotatable bonds is 5. The van der Waals surface area contributed by atoms with Crippen LogP contribution in [0.1, 0.15) is 27.8 Å². The van der Waals surface area contributed by atoms with Crippen LogP contribution in [0.4, 0.5) is 0 Å². The Morgan fingerprint density at radius 1 is 0.355 bits per heavy atom. The molecule has 5 heteroatoms. The second kappa shape index (κ2) is 14.4. The van der Waals surface area contributed by atoms with Gasteiger partial charge in [-0.15, -0.1) is 0 Å². The van der Waals surface area contributed by atoms with Crippen molar-refractivity contribution in [1.82, 2.24) is 15.0 Å². The topological polar surface area (TPSA) is 62.5 Å². The Bertz CT molecular complexity index is 3340. The summed E-state index contributed by atoms with van der Waals surface area (Å²) >= 11 is 1.83. The van der Waals surface area contributed by atoms with Gasteiger partial charge in [0.25, 0.3) is 0 Å². The van der Waals surface area contributed by atoms with E-state index in [2.05, 4.69) is 152 Å². The van der Waals surface area contributed by atoms with Crippen molar-refractivity contribution >= 4 is 22.5 Å². The van der Waals surface area contributed by atoms with Gasteiger partial charge in [-0.1, -0.05) is 182 Å². The number of aromatic nitrogens is 3. The van der Waals surface area contributed by atoms with Gasteiger partial charge in [0.15, 0.2) is 17.5 Å². The monoisotopic (exact) mass is 806 g/mol. The lowest BCUT2D eigenvalue weighted by Crippen LogP contribution is -2.32. The lowest BCUT2D eigenvalue weighted by molar-refractivity contribution is 0.723. The summed E-state index contributed by atoms with van der Waals surface area (Å²) in [7, 11) is 0. The molecule has 288 valence electrons. The molecule has 0 radical (unpaired) electrons. The highest BCUT2D eigenvalue weighted by atomic mass is 32.2. The van der Waals surface area contributed by atoms with Crippen LogP contribution in [0.25, 0.3) is 78.3 Å². The molecule has 1 aliphatic heterocycles. The minimum atomic E-state index is -0.620. The number of nitriles is 1. The summed E-state index contributed by atoms with van der Waals surface area (Å²) in [5.74, 6) is 1.91. The Morgan fingerprint density at radius 2 is 0.790 bits per heavy atom. The lowest BCUT2D eigenvalue weighted by Gasteiger charge is -2.40. The summed E-state index contributed by atoms with van der Waals surface area (Å²) in [5, 5.41) is 11.8. The van der Waals surface area contributed by atoms with Gasteiger partial charge in [-0.3, -0.25) is 0 Å². The van der Waals surface area contributed by atoms with Gasteiger partial charge in [-0.05, 0) is 103 Å². The van der Waals surface area contributed by atoms with Crippen LogP contribution in [0.3, 0.4) is 0 Å². The van der Waals surface area contributed by atoms with Crippen LogP contribution < -0.4 is 0 Å². The SMILES string of the molecule is N#Cc1ccc(-c2ccc(-c3ccc4c(c3)C3(c5cc(-c6nc(-c7ccccc7)nc(-c7ccccc7)n6)ccc5S4)c4ccccc4-c4ccccc43)c3ccccc23)cc1. The summed E-state index contributed by atoms with van der Waals surface area (Å²) in [6, 6.07) is 75.3. The molecule has 2 aliphatic rings. The molecule has 9 aromatic carbocycles. The normalized spacial score (nSPS) is 12.9. The first kappa shape index (κ1) is 36.0. The van der Waals surface area contributed by atoms with Crippen molar-refractivity contribution < 1.29 is 0 Å². The van der Waals surface area contributed by atoms with Gasteiger partial charge in [0, 0.05) is 26.5 Å². The molecular weight excluding hydrogens is 773 g/mol. The van der Waals surface area contributed by atoms with E-state index >= 15 is 0 Å². The van der Waals surface area contributed by atoms with Crippen molar-refractivity contribution in [3.8, 4) is 73.6 Å². The van der Waals surface area contributed by atoms with E-state index in [9.17, 15) is 5.26 Å². The third-order valence-electron chi connectivity index (χ3n) is 12.5. The molecule has 10 aromatic rings. The summed E-state index contributed by atoms with van der Waals surface area (Å²) in [5.41, 5.74) is 14.9. The van der Waals surface area contributed by atoms with Crippen molar-refractivity contribution in [2.45, 2.75) is 15.2 Å². The fraction of sp³-hybridized carbons (Fsp3) is 0.0175. The van der Waals surface area contributed by atoms with E-state index < -0.39 is 5.41 Å². The minimum absolute atomic E-state index is 0.620. The molecule has 1 aliphatic carbocycles. The molecule has 1 aromatic heterocycles. The molecule has 0 fully saturated rings. The van der Waals surface area contributed by atoms with Crippen LogP contribution >= 0.6 is 11.8 Å². The van der Waals surface area contributed by atoms with E-state index in [4.69, 9.17) is 15.0 Å². The third kappa shape index (κ3) is 5.58. The fourth-order valence-electron chi connectivity index (χ4n) is 9.67. The Morgan fingerprint density at radius 3 is 1.34 bits per heavy atom. The van der Waals surface area contributed by atoms with Crippen LogP contribution in [0.5, 0.6) is 0 Å². The fourth-order valence-corrected chi connectivity index (χ4v) is 10.8. The molecule has 0 amide bonds. The Kier molecular flexibility index (Phi) is 8.35. The van der Waals surface area contributed by atoms with Crippen molar-refractivity contribution in [3.63, 3.8) is 0 Å². The van der Waals surface area contributed by atoms with E-state index in [1.807, 2.05) is 72.4 Å². The van der Waals surface area contributed by atoms with Crippen molar-refractivity contribution in [1.29, 1.82) is 5.26 Å². The first-order valence-corrected chi connectivity index (χ1v) is 21.6. The van der Waals surface area contributed by atoms with Gasteiger partial charge in [-0.25, -0.2) is 15.0 Å². The second-order valence-electron chi connectivity index (χ2n) is 15.8. The van der Waals surface area contributed by atoms with Crippen LogP contribution in [0.15, 0.2) is 216 Å². The maximum absolute atomic E-state index is 9.46. The summed E-state index contributed by atoms with van der Waals surface area (Å²) < 4.78 is 0. The van der Waals surface area contributed by atoms with Crippen molar-refractivity contribution in [2.75, 3.05) is 0 Å². The summed E-state index contributed by atoms with van der Waals surface area (Å²) in [6.45, 7) is 0. The zero-order valence-electron chi connectivity index (χ0n) is 33.3. The molecule has 62 heavy (non-hydrogen) atoms. The number of hydrogen-bond acceptors (Lipinski definition) is 5. The van der Waals surface area contributed by atoms with Crippen molar-refractivity contribution in [3.05, 3.63) is 234 Å². The van der Waals surface area contributed by atoms with Crippen LogP contribution in [0, 0.1) is 11.3 Å². The van der Waals surface area contributed by atoms with Crippen LogP contribution in [-0.4, -0.2) is 15.0 Å². The second-order valence-corrected chi connectivity index (χ2v) is 16.9. The highest BCUT2D eigenvalue weighted by Gasteiger charge is 2.50. The molecular formula is C57H34N4S. The molecule has 0 bridgehead atoms. The zero-order chi connectivity index (χ0) is 41.2. The first-order valence-electron chi connectivity index (χ1n) is 20.7. The lowest BCUT2D eigenvalue weighted by atomic mass is 9.66. The molecule has 0 atom stereocenters. The minimum Gasteiger partial charge on any atom is -0.208 e. The van der Waals surface area contributed by atoms with Gasteiger partial charge in [0.1, 0.15) is 0 Å². The maximum atomic E-state index is 9.46. The molecule has 2 heterocycles. The Balaban J connectivity index is 1.09. The van der Waals surface area contributed by atoms with E-state index in [1.165, 1.54) is 59.5 Å². The third-order valence-corrected chi connectivity index (χ3v) is 13.6. The smallest absolute Gasteiger partial charge is 0.164 e. The van der Waals surface area contributed by atoms with Gasteiger partial charge in [0.05, 0.1) is 17.0 Å². The number of nitrogens with zero attached hydrogens (tertiary/aromatic N) is 4.